The first-order valence-corrected chi connectivity index (χ1v) is 6.97. The number of halogens is 1. The Morgan fingerprint density at radius 3 is 2.29 bits per heavy atom. The van der Waals surface area contributed by atoms with Crippen LogP contribution in [0.1, 0.15) is 18.5 Å². The van der Waals surface area contributed by atoms with Crippen LogP contribution in [0.4, 0.5) is 4.39 Å². The molecular weight excluding hydrogens is 277 g/mol. The van der Waals surface area contributed by atoms with E-state index in [4.69, 9.17) is 24.7 Å². The van der Waals surface area contributed by atoms with Crippen molar-refractivity contribution < 1.29 is 23.3 Å². The molecule has 0 spiro atoms. The van der Waals surface area contributed by atoms with Crippen LogP contribution in [0, 0.1) is 5.82 Å². The highest BCUT2D eigenvalue weighted by Gasteiger charge is 2.09. The van der Waals surface area contributed by atoms with Gasteiger partial charge in [-0.15, -0.1) is 0 Å². The van der Waals surface area contributed by atoms with Crippen LogP contribution in [0.2, 0.25) is 0 Å². The van der Waals surface area contributed by atoms with Crippen molar-refractivity contribution in [2.24, 2.45) is 5.73 Å². The van der Waals surface area contributed by atoms with Gasteiger partial charge < -0.3 is 24.7 Å². The summed E-state index contributed by atoms with van der Waals surface area (Å²) in [5.41, 5.74) is 6.44. The lowest BCUT2D eigenvalue weighted by Crippen LogP contribution is -2.14. The summed E-state index contributed by atoms with van der Waals surface area (Å²) in [5, 5.41) is 0. The predicted molar refractivity (Wildman–Crippen MR) is 78.0 cm³/mol. The molecule has 6 heteroatoms. The fraction of sp³-hybridized carbons (Fsp3) is 0.600. The summed E-state index contributed by atoms with van der Waals surface area (Å²) in [6.07, 6.45) is 0. The standard InChI is InChI=1S/C15H24FNO4/c1-12(17)14-11-13(16)3-4-15(14)21-10-9-20-8-7-19-6-5-18-2/h3-4,11-12H,5-10,17H2,1-2H3/t12-/m1/s1. The van der Waals surface area contributed by atoms with E-state index in [-0.39, 0.29) is 11.9 Å². The second-order valence-corrected chi connectivity index (χ2v) is 4.54. The average Bonchev–Trinajstić information content (AvgIpc) is 2.46. The SMILES string of the molecule is COCCOCCOCCOc1ccc(F)cc1[C@@H](C)N. The number of benzene rings is 1. The Kier molecular flexibility index (Phi) is 8.93. The van der Waals surface area contributed by atoms with Crippen molar-refractivity contribution in [3.8, 4) is 5.75 Å². The van der Waals surface area contributed by atoms with E-state index in [1.54, 1.807) is 20.1 Å². The molecule has 0 bridgehead atoms. The zero-order valence-electron chi connectivity index (χ0n) is 12.6. The van der Waals surface area contributed by atoms with E-state index < -0.39 is 0 Å². The number of methoxy groups -OCH3 is 1. The van der Waals surface area contributed by atoms with Crippen LogP contribution >= 0.6 is 0 Å². The Bertz CT molecular complexity index is 401. The average molecular weight is 301 g/mol. The highest BCUT2D eigenvalue weighted by molar-refractivity contribution is 5.36. The second kappa shape index (κ2) is 10.5. The number of ether oxygens (including phenoxy) is 4. The molecule has 2 N–H and O–H groups in total. The van der Waals surface area contributed by atoms with Crippen molar-refractivity contribution in [1.82, 2.24) is 0 Å². The number of nitrogens with two attached hydrogens (primary N) is 1. The lowest BCUT2D eigenvalue weighted by Gasteiger charge is -2.14. The third kappa shape index (κ3) is 7.38. The Balaban J connectivity index is 2.18. The predicted octanol–water partition coefficient (Wildman–Crippen LogP) is 1.90. The van der Waals surface area contributed by atoms with E-state index in [9.17, 15) is 4.39 Å². The summed E-state index contributed by atoms with van der Waals surface area (Å²) in [7, 11) is 1.63. The minimum Gasteiger partial charge on any atom is -0.491 e. The molecule has 0 aliphatic rings. The van der Waals surface area contributed by atoms with E-state index in [1.807, 2.05) is 0 Å². The van der Waals surface area contributed by atoms with E-state index in [0.29, 0.717) is 51.0 Å². The summed E-state index contributed by atoms with van der Waals surface area (Å²) in [4.78, 5) is 0. The van der Waals surface area contributed by atoms with E-state index in [1.165, 1.54) is 12.1 Å². The molecule has 0 aliphatic heterocycles. The first-order chi connectivity index (χ1) is 10.1. The Morgan fingerprint density at radius 1 is 1.05 bits per heavy atom. The minimum atomic E-state index is -0.320. The normalized spacial score (nSPS) is 12.4. The lowest BCUT2D eigenvalue weighted by molar-refractivity contribution is 0.0179. The molecule has 0 saturated heterocycles. The first kappa shape index (κ1) is 17.8. The van der Waals surface area contributed by atoms with Gasteiger partial charge in [-0.1, -0.05) is 0 Å². The maximum absolute atomic E-state index is 13.2. The molecule has 0 radical (unpaired) electrons. The number of rotatable bonds is 11. The molecule has 1 aromatic rings. The van der Waals surface area contributed by atoms with Gasteiger partial charge in [0, 0.05) is 18.7 Å². The zero-order chi connectivity index (χ0) is 15.5. The molecule has 0 saturated carbocycles. The van der Waals surface area contributed by atoms with Gasteiger partial charge in [0.1, 0.15) is 18.2 Å². The fourth-order valence-corrected chi connectivity index (χ4v) is 1.68. The van der Waals surface area contributed by atoms with Crippen molar-refractivity contribution >= 4 is 0 Å². The van der Waals surface area contributed by atoms with Crippen LogP contribution in [0.3, 0.4) is 0 Å². The van der Waals surface area contributed by atoms with Gasteiger partial charge in [-0.2, -0.15) is 0 Å². The summed E-state index contributed by atoms with van der Waals surface area (Å²) in [6, 6.07) is 4.05. The summed E-state index contributed by atoms with van der Waals surface area (Å²) in [6.45, 7) is 4.75. The van der Waals surface area contributed by atoms with Crippen LogP contribution in [0.15, 0.2) is 18.2 Å². The fourth-order valence-electron chi connectivity index (χ4n) is 1.68. The van der Waals surface area contributed by atoms with E-state index in [2.05, 4.69) is 0 Å². The van der Waals surface area contributed by atoms with Gasteiger partial charge in [-0.3, -0.25) is 0 Å². The van der Waals surface area contributed by atoms with E-state index >= 15 is 0 Å². The first-order valence-electron chi connectivity index (χ1n) is 6.97. The maximum Gasteiger partial charge on any atom is 0.124 e. The summed E-state index contributed by atoms with van der Waals surface area (Å²) < 4.78 is 34.2. The highest BCUT2D eigenvalue weighted by Crippen LogP contribution is 2.24. The highest BCUT2D eigenvalue weighted by atomic mass is 19.1. The molecule has 5 nitrogen and oxygen atoms in total. The Hall–Kier alpha value is -1.21. The van der Waals surface area contributed by atoms with Crippen LogP contribution < -0.4 is 10.5 Å². The number of hydrogen-bond donors (Lipinski definition) is 1. The van der Waals surface area contributed by atoms with Crippen LogP contribution in [0.5, 0.6) is 5.75 Å². The van der Waals surface area contributed by atoms with Gasteiger partial charge >= 0.3 is 0 Å². The van der Waals surface area contributed by atoms with Crippen molar-refractivity contribution in [3.05, 3.63) is 29.6 Å². The molecule has 120 valence electrons. The summed E-state index contributed by atoms with van der Waals surface area (Å²) in [5.74, 6) is 0.269. The molecule has 0 heterocycles. The molecule has 0 amide bonds. The topological polar surface area (TPSA) is 62.9 Å². The molecule has 0 aliphatic carbocycles. The third-order valence-electron chi connectivity index (χ3n) is 2.75. The van der Waals surface area contributed by atoms with Gasteiger partial charge in [-0.25, -0.2) is 4.39 Å². The van der Waals surface area contributed by atoms with Gasteiger partial charge in [0.2, 0.25) is 0 Å². The molecule has 0 unspecified atom stereocenters. The molecular formula is C15H24FNO4. The minimum absolute atomic E-state index is 0.286. The van der Waals surface area contributed by atoms with Crippen molar-refractivity contribution in [1.29, 1.82) is 0 Å². The molecule has 1 rings (SSSR count). The Labute approximate surface area is 125 Å². The van der Waals surface area contributed by atoms with Crippen molar-refractivity contribution in [2.45, 2.75) is 13.0 Å². The van der Waals surface area contributed by atoms with Gasteiger partial charge in [0.25, 0.3) is 0 Å². The lowest BCUT2D eigenvalue weighted by atomic mass is 10.1. The van der Waals surface area contributed by atoms with Crippen molar-refractivity contribution in [3.63, 3.8) is 0 Å². The molecule has 0 aromatic heterocycles. The van der Waals surface area contributed by atoms with Gasteiger partial charge in [0.05, 0.1) is 33.0 Å². The maximum atomic E-state index is 13.2. The van der Waals surface area contributed by atoms with Gasteiger partial charge in [0.15, 0.2) is 0 Å². The number of hydrogen-bond acceptors (Lipinski definition) is 5. The quantitative estimate of drug-likeness (QED) is 0.633. The molecule has 1 aromatic carbocycles. The zero-order valence-corrected chi connectivity index (χ0v) is 12.6. The van der Waals surface area contributed by atoms with Crippen molar-refractivity contribution in [2.75, 3.05) is 46.8 Å². The van der Waals surface area contributed by atoms with E-state index in [0.717, 1.165) is 0 Å². The molecule has 1 atom stereocenters. The van der Waals surface area contributed by atoms with Crippen LogP contribution in [0.25, 0.3) is 0 Å². The third-order valence-corrected chi connectivity index (χ3v) is 2.75. The monoisotopic (exact) mass is 301 g/mol. The van der Waals surface area contributed by atoms with Crippen LogP contribution in [-0.4, -0.2) is 46.8 Å². The molecule has 21 heavy (non-hydrogen) atoms. The smallest absolute Gasteiger partial charge is 0.124 e. The van der Waals surface area contributed by atoms with Crippen LogP contribution in [-0.2, 0) is 14.2 Å². The second-order valence-electron chi connectivity index (χ2n) is 4.54. The Morgan fingerprint density at radius 2 is 1.67 bits per heavy atom. The summed E-state index contributed by atoms with van der Waals surface area (Å²) >= 11 is 0. The largest absolute Gasteiger partial charge is 0.491 e. The van der Waals surface area contributed by atoms with Gasteiger partial charge in [-0.05, 0) is 25.1 Å². The molecule has 0 fully saturated rings.